The van der Waals surface area contributed by atoms with Crippen LogP contribution in [0.3, 0.4) is 0 Å². The maximum Gasteiger partial charge on any atom is 0.270 e. The zero-order valence-corrected chi connectivity index (χ0v) is 13.4. The largest absolute Gasteiger partial charge is 0.377 e. The summed E-state index contributed by atoms with van der Waals surface area (Å²) in [6.07, 6.45) is 3.52. The molecule has 4 rings (SSSR count). The number of aromatic nitrogens is 3. The molecule has 0 spiro atoms. The highest BCUT2D eigenvalue weighted by molar-refractivity contribution is 5.93. The van der Waals surface area contributed by atoms with Gasteiger partial charge in [0.2, 0.25) is 5.89 Å². The quantitative estimate of drug-likeness (QED) is 0.835. The lowest BCUT2D eigenvalue weighted by molar-refractivity contribution is 0.00789. The number of aryl methyl sites for hydroxylation is 2. The Labute approximate surface area is 134 Å². The SMILES string of the molecule is Cc1noc([C@@]23CCO[C@@H]2CCN(C(=O)c2cccn2C)C3)n1. The van der Waals surface area contributed by atoms with Crippen molar-refractivity contribution in [3.05, 3.63) is 35.7 Å². The highest BCUT2D eigenvalue weighted by Gasteiger charge is 2.53. The Morgan fingerprint density at radius 2 is 2.35 bits per heavy atom. The van der Waals surface area contributed by atoms with Crippen molar-refractivity contribution in [2.75, 3.05) is 19.7 Å². The van der Waals surface area contributed by atoms with Gasteiger partial charge in [-0.05, 0) is 31.9 Å². The molecule has 122 valence electrons. The molecule has 0 saturated carbocycles. The van der Waals surface area contributed by atoms with Gasteiger partial charge in [-0.15, -0.1) is 0 Å². The number of likely N-dealkylation sites (tertiary alicyclic amines) is 1. The molecule has 7 heteroatoms. The second kappa shape index (κ2) is 5.19. The number of carbonyl (C=O) groups excluding carboxylic acids is 1. The molecule has 0 unspecified atom stereocenters. The molecular weight excluding hydrogens is 296 g/mol. The lowest BCUT2D eigenvalue weighted by atomic mass is 9.76. The molecular formula is C16H20N4O3. The first-order chi connectivity index (χ1) is 11.1. The third kappa shape index (κ3) is 2.18. The molecule has 1 amide bonds. The van der Waals surface area contributed by atoms with E-state index >= 15 is 0 Å². The molecule has 0 N–H and O–H groups in total. The van der Waals surface area contributed by atoms with Crippen molar-refractivity contribution in [1.82, 2.24) is 19.6 Å². The Hall–Kier alpha value is -2.15. The van der Waals surface area contributed by atoms with E-state index in [1.165, 1.54) is 0 Å². The topological polar surface area (TPSA) is 73.4 Å². The summed E-state index contributed by atoms with van der Waals surface area (Å²) in [5, 5.41) is 3.93. The molecule has 2 aromatic rings. The average Bonchev–Trinajstić information content (AvgIpc) is 3.25. The van der Waals surface area contributed by atoms with Crippen LogP contribution in [-0.4, -0.2) is 51.3 Å². The Balaban J connectivity index is 1.66. The van der Waals surface area contributed by atoms with E-state index in [0.717, 1.165) is 12.8 Å². The Bertz CT molecular complexity index is 737. The van der Waals surface area contributed by atoms with Crippen molar-refractivity contribution >= 4 is 5.91 Å². The number of hydrogen-bond donors (Lipinski definition) is 0. The summed E-state index contributed by atoms with van der Waals surface area (Å²) < 4.78 is 13.2. The van der Waals surface area contributed by atoms with Crippen LogP contribution in [0.25, 0.3) is 0 Å². The molecule has 2 fully saturated rings. The Morgan fingerprint density at radius 3 is 3.04 bits per heavy atom. The van der Waals surface area contributed by atoms with Crippen LogP contribution in [0.5, 0.6) is 0 Å². The minimum Gasteiger partial charge on any atom is -0.377 e. The normalized spacial score (nSPS) is 27.2. The van der Waals surface area contributed by atoms with Crippen LogP contribution in [-0.2, 0) is 17.2 Å². The zero-order valence-electron chi connectivity index (χ0n) is 13.4. The highest BCUT2D eigenvalue weighted by atomic mass is 16.5. The number of amides is 1. The van der Waals surface area contributed by atoms with Crippen molar-refractivity contribution in [2.45, 2.75) is 31.3 Å². The molecule has 0 aromatic carbocycles. The summed E-state index contributed by atoms with van der Waals surface area (Å²) in [7, 11) is 1.88. The predicted molar refractivity (Wildman–Crippen MR) is 81.0 cm³/mol. The molecule has 4 heterocycles. The second-order valence-electron chi connectivity index (χ2n) is 6.43. The molecule has 2 aliphatic heterocycles. The highest BCUT2D eigenvalue weighted by Crippen LogP contribution is 2.43. The van der Waals surface area contributed by atoms with E-state index in [1.54, 1.807) is 0 Å². The van der Waals surface area contributed by atoms with E-state index in [4.69, 9.17) is 9.26 Å². The number of piperidine rings is 1. The maximum atomic E-state index is 12.8. The number of fused-ring (bicyclic) bond motifs is 1. The first-order valence-corrected chi connectivity index (χ1v) is 7.93. The zero-order chi connectivity index (χ0) is 16.0. The first-order valence-electron chi connectivity index (χ1n) is 7.93. The van der Waals surface area contributed by atoms with Crippen LogP contribution in [0.2, 0.25) is 0 Å². The van der Waals surface area contributed by atoms with E-state index in [0.29, 0.717) is 37.1 Å². The number of nitrogens with zero attached hydrogens (tertiary/aromatic N) is 4. The number of ether oxygens (including phenoxy) is 1. The molecule has 2 atom stereocenters. The molecule has 2 saturated heterocycles. The van der Waals surface area contributed by atoms with Gasteiger partial charge in [-0.1, -0.05) is 5.16 Å². The van der Waals surface area contributed by atoms with Crippen LogP contribution in [0.15, 0.2) is 22.9 Å². The van der Waals surface area contributed by atoms with Crippen molar-refractivity contribution in [3.8, 4) is 0 Å². The first kappa shape index (κ1) is 14.4. The van der Waals surface area contributed by atoms with Crippen molar-refractivity contribution in [3.63, 3.8) is 0 Å². The Kier molecular flexibility index (Phi) is 3.26. The molecule has 23 heavy (non-hydrogen) atoms. The van der Waals surface area contributed by atoms with Crippen LogP contribution < -0.4 is 0 Å². The average molecular weight is 316 g/mol. The van der Waals surface area contributed by atoms with Gasteiger partial charge in [0.05, 0.1) is 11.5 Å². The minimum absolute atomic E-state index is 0.0402. The summed E-state index contributed by atoms with van der Waals surface area (Å²) >= 11 is 0. The van der Waals surface area contributed by atoms with E-state index in [2.05, 4.69) is 10.1 Å². The summed E-state index contributed by atoms with van der Waals surface area (Å²) in [5.41, 5.74) is 0.319. The molecule has 0 aliphatic carbocycles. The third-order valence-electron chi connectivity index (χ3n) is 5.02. The predicted octanol–water partition coefficient (Wildman–Crippen LogP) is 1.29. The van der Waals surface area contributed by atoms with Crippen LogP contribution in [0.1, 0.15) is 35.0 Å². The van der Waals surface area contributed by atoms with Gasteiger partial charge in [-0.3, -0.25) is 4.79 Å². The molecule has 0 bridgehead atoms. The van der Waals surface area contributed by atoms with Crippen molar-refractivity contribution in [2.24, 2.45) is 7.05 Å². The number of rotatable bonds is 2. The summed E-state index contributed by atoms with van der Waals surface area (Å²) in [4.78, 5) is 19.2. The van der Waals surface area contributed by atoms with Gasteiger partial charge in [-0.25, -0.2) is 0 Å². The van der Waals surface area contributed by atoms with Crippen molar-refractivity contribution in [1.29, 1.82) is 0 Å². The fourth-order valence-electron chi connectivity index (χ4n) is 3.77. The second-order valence-corrected chi connectivity index (χ2v) is 6.43. The smallest absolute Gasteiger partial charge is 0.270 e. The molecule has 2 aromatic heterocycles. The summed E-state index contributed by atoms with van der Waals surface area (Å²) in [5.74, 6) is 1.26. The van der Waals surface area contributed by atoms with Gasteiger partial charge in [0.15, 0.2) is 5.82 Å². The van der Waals surface area contributed by atoms with E-state index in [9.17, 15) is 4.79 Å². The molecule has 2 aliphatic rings. The van der Waals surface area contributed by atoms with Gasteiger partial charge in [0.25, 0.3) is 5.91 Å². The maximum absolute atomic E-state index is 12.8. The fraction of sp³-hybridized carbons (Fsp3) is 0.562. The number of carbonyl (C=O) groups is 1. The van der Waals surface area contributed by atoms with Crippen LogP contribution >= 0.6 is 0 Å². The van der Waals surface area contributed by atoms with Gasteiger partial charge in [0, 0.05) is 32.9 Å². The third-order valence-corrected chi connectivity index (χ3v) is 5.02. The lowest BCUT2D eigenvalue weighted by Crippen LogP contribution is -2.54. The van der Waals surface area contributed by atoms with E-state index in [-0.39, 0.29) is 17.4 Å². The van der Waals surface area contributed by atoms with Crippen LogP contribution in [0, 0.1) is 6.92 Å². The van der Waals surface area contributed by atoms with Gasteiger partial charge in [-0.2, -0.15) is 4.98 Å². The Morgan fingerprint density at radius 1 is 1.48 bits per heavy atom. The summed E-state index contributed by atoms with van der Waals surface area (Å²) in [6, 6.07) is 3.74. The van der Waals surface area contributed by atoms with Gasteiger partial charge < -0.3 is 18.7 Å². The number of hydrogen-bond acceptors (Lipinski definition) is 5. The van der Waals surface area contributed by atoms with E-state index in [1.807, 2.05) is 41.8 Å². The molecule has 7 nitrogen and oxygen atoms in total. The summed E-state index contributed by atoms with van der Waals surface area (Å²) in [6.45, 7) is 3.72. The van der Waals surface area contributed by atoms with E-state index < -0.39 is 0 Å². The molecule has 0 radical (unpaired) electrons. The monoisotopic (exact) mass is 316 g/mol. The van der Waals surface area contributed by atoms with Crippen molar-refractivity contribution < 1.29 is 14.1 Å². The van der Waals surface area contributed by atoms with Gasteiger partial charge >= 0.3 is 0 Å². The van der Waals surface area contributed by atoms with Crippen LogP contribution in [0.4, 0.5) is 0 Å². The fourth-order valence-corrected chi connectivity index (χ4v) is 3.77. The minimum atomic E-state index is -0.375. The van der Waals surface area contributed by atoms with Gasteiger partial charge in [0.1, 0.15) is 5.69 Å². The standard InChI is InChI=1S/C16H20N4O3/c1-11-17-15(23-18-11)16-6-9-22-13(16)5-8-20(10-16)14(21)12-4-3-7-19(12)2/h3-4,7,13H,5-6,8-10H2,1-2H3/t13-,16-/m1/s1. The lowest BCUT2D eigenvalue weighted by Gasteiger charge is -2.41.